The molecule has 0 heterocycles. The fourth-order valence-corrected chi connectivity index (χ4v) is 2.11. The van der Waals surface area contributed by atoms with Crippen molar-refractivity contribution in [2.75, 3.05) is 17.7 Å². The fourth-order valence-electron chi connectivity index (χ4n) is 2.11. The van der Waals surface area contributed by atoms with Gasteiger partial charge in [0.25, 0.3) is 0 Å². The van der Waals surface area contributed by atoms with Crippen molar-refractivity contribution < 1.29 is 14.3 Å². The Hall–Kier alpha value is -2.69. The summed E-state index contributed by atoms with van der Waals surface area (Å²) in [5.41, 5.74) is 8.10. The highest BCUT2D eigenvalue weighted by atomic mass is 16.5. The van der Waals surface area contributed by atoms with E-state index in [0.29, 0.717) is 23.5 Å². The second kappa shape index (κ2) is 7.54. The van der Waals surface area contributed by atoms with Crippen molar-refractivity contribution in [1.29, 1.82) is 0 Å². The minimum absolute atomic E-state index is 0.201. The van der Waals surface area contributed by atoms with Gasteiger partial charge in [0.1, 0.15) is 5.75 Å². The Morgan fingerprint density at radius 3 is 2.61 bits per heavy atom. The van der Waals surface area contributed by atoms with E-state index in [9.17, 15) is 4.79 Å². The average molecular weight is 314 g/mol. The van der Waals surface area contributed by atoms with E-state index in [1.165, 1.54) is 0 Å². The molecule has 0 atom stereocenters. The molecule has 5 heteroatoms. The van der Waals surface area contributed by atoms with Crippen molar-refractivity contribution in [2.45, 2.75) is 26.9 Å². The molecule has 122 valence electrons. The molecule has 5 nitrogen and oxygen atoms in total. The first-order valence-electron chi connectivity index (χ1n) is 7.60. The molecular weight excluding hydrogens is 292 g/mol. The number of hydrogen-bond donors (Lipinski definition) is 2. The lowest BCUT2D eigenvalue weighted by molar-refractivity contribution is 0.0379. The van der Waals surface area contributed by atoms with E-state index in [1.807, 2.05) is 45.0 Å². The minimum atomic E-state index is -0.413. The topological polar surface area (TPSA) is 73.6 Å². The molecule has 0 aliphatic rings. The number of carbonyl (C=O) groups excluding carboxylic acids is 1. The Morgan fingerprint density at radius 2 is 1.91 bits per heavy atom. The van der Waals surface area contributed by atoms with Crippen LogP contribution in [0.25, 0.3) is 0 Å². The number of anilines is 3. The first kappa shape index (κ1) is 16.7. The molecule has 2 rings (SSSR count). The lowest BCUT2D eigenvalue weighted by Crippen LogP contribution is -2.13. The maximum Gasteiger partial charge on any atom is 0.340 e. The number of nitrogens with one attached hydrogen (secondary N) is 1. The summed E-state index contributed by atoms with van der Waals surface area (Å²) in [6, 6.07) is 12.7. The second-order valence-corrected chi connectivity index (χ2v) is 5.31. The van der Waals surface area contributed by atoms with Crippen LogP contribution < -0.4 is 15.8 Å². The van der Waals surface area contributed by atoms with Crippen LogP contribution in [-0.4, -0.2) is 18.7 Å². The Labute approximate surface area is 136 Å². The zero-order valence-electron chi connectivity index (χ0n) is 13.6. The number of para-hydroxylation sites is 2. The molecule has 0 aromatic heterocycles. The van der Waals surface area contributed by atoms with Gasteiger partial charge in [-0.15, -0.1) is 0 Å². The number of ether oxygens (including phenoxy) is 2. The number of benzene rings is 2. The van der Waals surface area contributed by atoms with Gasteiger partial charge in [-0.05, 0) is 51.1 Å². The van der Waals surface area contributed by atoms with Crippen molar-refractivity contribution in [1.82, 2.24) is 0 Å². The first-order valence-corrected chi connectivity index (χ1v) is 7.60. The molecule has 3 N–H and O–H groups in total. The summed E-state index contributed by atoms with van der Waals surface area (Å²) >= 11 is 0. The molecule has 0 amide bonds. The van der Waals surface area contributed by atoms with Gasteiger partial charge >= 0.3 is 5.97 Å². The van der Waals surface area contributed by atoms with Gasteiger partial charge in [0.05, 0.1) is 29.6 Å². The predicted molar refractivity (Wildman–Crippen MR) is 92.3 cm³/mol. The molecule has 0 saturated heterocycles. The van der Waals surface area contributed by atoms with Crippen LogP contribution in [0, 0.1) is 0 Å². The normalized spacial score (nSPS) is 10.4. The molecule has 0 unspecified atom stereocenters. The number of nitrogens with two attached hydrogens (primary N) is 1. The zero-order valence-corrected chi connectivity index (χ0v) is 13.6. The van der Waals surface area contributed by atoms with E-state index < -0.39 is 5.97 Å². The van der Waals surface area contributed by atoms with Crippen LogP contribution in [0.5, 0.6) is 5.75 Å². The summed E-state index contributed by atoms with van der Waals surface area (Å²) in [7, 11) is 0. The largest absolute Gasteiger partial charge is 0.492 e. The molecule has 0 radical (unpaired) electrons. The van der Waals surface area contributed by atoms with Gasteiger partial charge in [-0.2, -0.15) is 0 Å². The lowest BCUT2D eigenvalue weighted by atomic mass is 10.1. The van der Waals surface area contributed by atoms with Crippen LogP contribution in [0.15, 0.2) is 42.5 Å². The summed E-state index contributed by atoms with van der Waals surface area (Å²) in [5.74, 6) is 0.304. The van der Waals surface area contributed by atoms with E-state index in [1.54, 1.807) is 18.2 Å². The molecule has 0 spiro atoms. The molecule has 0 aliphatic heterocycles. The van der Waals surface area contributed by atoms with E-state index in [0.717, 1.165) is 11.4 Å². The molecule has 23 heavy (non-hydrogen) atoms. The number of esters is 1. The molecule has 0 saturated carbocycles. The molecule has 2 aromatic carbocycles. The average Bonchev–Trinajstić information content (AvgIpc) is 2.50. The Balaban J connectivity index is 2.35. The van der Waals surface area contributed by atoms with Gasteiger partial charge in [0.2, 0.25) is 0 Å². The SMILES string of the molecule is CCOc1ccccc1Nc1ccc(N)cc1C(=O)OC(C)C. The second-order valence-electron chi connectivity index (χ2n) is 5.31. The smallest absolute Gasteiger partial charge is 0.340 e. The lowest BCUT2D eigenvalue weighted by Gasteiger charge is -2.16. The third kappa shape index (κ3) is 4.39. The minimum Gasteiger partial charge on any atom is -0.492 e. The van der Waals surface area contributed by atoms with E-state index in [2.05, 4.69) is 5.32 Å². The standard InChI is InChI=1S/C18H22N2O3/c1-4-22-17-8-6-5-7-16(17)20-15-10-9-13(19)11-14(15)18(21)23-12(2)3/h5-12,20H,4,19H2,1-3H3. The summed E-state index contributed by atoms with van der Waals surface area (Å²) in [6.45, 7) is 6.09. The van der Waals surface area contributed by atoms with Crippen LogP contribution in [0.2, 0.25) is 0 Å². The summed E-state index contributed by atoms with van der Waals surface area (Å²) in [4.78, 5) is 12.3. The van der Waals surface area contributed by atoms with Gasteiger partial charge in [-0.25, -0.2) is 4.79 Å². The van der Waals surface area contributed by atoms with Crippen LogP contribution in [0.3, 0.4) is 0 Å². The molecule has 0 fully saturated rings. The molecular formula is C18H22N2O3. The Bertz CT molecular complexity index is 684. The Morgan fingerprint density at radius 1 is 1.17 bits per heavy atom. The van der Waals surface area contributed by atoms with Gasteiger partial charge in [0.15, 0.2) is 0 Å². The zero-order chi connectivity index (χ0) is 16.8. The highest BCUT2D eigenvalue weighted by molar-refractivity contribution is 5.98. The highest BCUT2D eigenvalue weighted by Gasteiger charge is 2.16. The van der Waals surface area contributed by atoms with Crippen molar-refractivity contribution >= 4 is 23.0 Å². The highest BCUT2D eigenvalue weighted by Crippen LogP contribution is 2.30. The summed E-state index contributed by atoms with van der Waals surface area (Å²) in [6.07, 6.45) is -0.201. The van der Waals surface area contributed by atoms with Gasteiger partial charge in [-0.3, -0.25) is 0 Å². The summed E-state index contributed by atoms with van der Waals surface area (Å²) < 4.78 is 10.9. The number of carbonyl (C=O) groups is 1. The summed E-state index contributed by atoms with van der Waals surface area (Å²) in [5, 5.41) is 3.23. The molecule has 0 aliphatic carbocycles. The molecule has 2 aromatic rings. The van der Waals surface area contributed by atoms with Crippen molar-refractivity contribution in [3.05, 3.63) is 48.0 Å². The van der Waals surface area contributed by atoms with Crippen molar-refractivity contribution in [3.8, 4) is 5.75 Å². The van der Waals surface area contributed by atoms with Crippen LogP contribution >= 0.6 is 0 Å². The number of hydrogen-bond acceptors (Lipinski definition) is 5. The van der Waals surface area contributed by atoms with Crippen LogP contribution in [0.4, 0.5) is 17.1 Å². The van der Waals surface area contributed by atoms with E-state index in [4.69, 9.17) is 15.2 Å². The van der Waals surface area contributed by atoms with Crippen LogP contribution in [-0.2, 0) is 4.74 Å². The third-order valence-corrected chi connectivity index (χ3v) is 3.06. The van der Waals surface area contributed by atoms with E-state index >= 15 is 0 Å². The van der Waals surface area contributed by atoms with Gasteiger partial charge < -0.3 is 20.5 Å². The van der Waals surface area contributed by atoms with Crippen molar-refractivity contribution in [3.63, 3.8) is 0 Å². The van der Waals surface area contributed by atoms with Gasteiger partial charge in [0, 0.05) is 5.69 Å². The number of nitrogen functional groups attached to an aromatic ring is 1. The maximum absolute atomic E-state index is 12.3. The van der Waals surface area contributed by atoms with Gasteiger partial charge in [-0.1, -0.05) is 12.1 Å². The van der Waals surface area contributed by atoms with Crippen LogP contribution in [0.1, 0.15) is 31.1 Å². The molecule has 0 bridgehead atoms. The monoisotopic (exact) mass is 314 g/mol. The quantitative estimate of drug-likeness (QED) is 0.623. The Kier molecular flexibility index (Phi) is 5.46. The number of rotatable bonds is 6. The first-order chi connectivity index (χ1) is 11.0. The van der Waals surface area contributed by atoms with Crippen molar-refractivity contribution in [2.24, 2.45) is 0 Å². The maximum atomic E-state index is 12.3. The fraction of sp³-hybridized carbons (Fsp3) is 0.278. The third-order valence-electron chi connectivity index (χ3n) is 3.06. The van der Waals surface area contributed by atoms with E-state index in [-0.39, 0.29) is 6.10 Å². The predicted octanol–water partition coefficient (Wildman–Crippen LogP) is 3.98.